The number of carbonyl (C=O) groups excluding carboxylic acids is 1. The SMILES string of the molecule is COc1c(C(=O)NC(=S)Nc2cc(-c3nc4cc(C(C)C)ccc4o3)ccc2Cl)cc2ccccc2c1Br. The highest BCUT2D eigenvalue weighted by Gasteiger charge is 2.20. The van der Waals surface area contributed by atoms with Crippen LogP contribution in [0.2, 0.25) is 5.02 Å². The van der Waals surface area contributed by atoms with E-state index in [2.05, 4.69) is 45.4 Å². The number of hydrogen-bond acceptors (Lipinski definition) is 5. The molecule has 2 N–H and O–H groups in total. The topological polar surface area (TPSA) is 76.4 Å². The van der Waals surface area contributed by atoms with Gasteiger partial charge in [-0.1, -0.05) is 55.8 Å². The Balaban J connectivity index is 1.38. The van der Waals surface area contributed by atoms with Crippen molar-refractivity contribution in [3.8, 4) is 17.2 Å². The van der Waals surface area contributed by atoms with Gasteiger partial charge in [0.2, 0.25) is 5.89 Å². The number of ether oxygens (including phenoxy) is 1. The van der Waals surface area contributed by atoms with Crippen LogP contribution in [0.1, 0.15) is 35.7 Å². The number of halogens is 2. The fourth-order valence-corrected chi connectivity index (χ4v) is 5.26. The Hall–Kier alpha value is -3.46. The highest BCUT2D eigenvalue weighted by molar-refractivity contribution is 9.10. The lowest BCUT2D eigenvalue weighted by atomic mass is 10.0. The molecule has 0 aliphatic rings. The van der Waals surface area contributed by atoms with Crippen molar-refractivity contribution in [1.82, 2.24) is 10.3 Å². The molecule has 0 saturated carbocycles. The number of anilines is 1. The van der Waals surface area contributed by atoms with E-state index in [1.807, 2.05) is 48.5 Å². The molecule has 1 heterocycles. The van der Waals surface area contributed by atoms with Crippen molar-refractivity contribution < 1.29 is 13.9 Å². The normalized spacial score (nSPS) is 11.2. The summed E-state index contributed by atoms with van der Waals surface area (Å²) in [5, 5.41) is 8.06. The summed E-state index contributed by atoms with van der Waals surface area (Å²) < 4.78 is 12.2. The van der Waals surface area contributed by atoms with Gasteiger partial charge < -0.3 is 14.5 Å². The van der Waals surface area contributed by atoms with Crippen molar-refractivity contribution in [2.45, 2.75) is 19.8 Å². The number of benzene rings is 4. The van der Waals surface area contributed by atoms with Crippen molar-refractivity contribution >= 4 is 78.3 Å². The molecule has 9 heteroatoms. The Morgan fingerprint density at radius 3 is 2.66 bits per heavy atom. The molecule has 0 aliphatic carbocycles. The van der Waals surface area contributed by atoms with Gasteiger partial charge in [0.1, 0.15) is 11.3 Å². The van der Waals surface area contributed by atoms with Gasteiger partial charge in [-0.15, -0.1) is 0 Å². The Kier molecular flexibility index (Phi) is 7.38. The molecule has 4 aromatic carbocycles. The standard InChI is InChI=1S/C29H23BrClN3O3S/c1-15(2)16-9-11-24-23(13-16)32-28(37-24)18-8-10-21(31)22(14-18)33-29(38)34-27(35)20-12-17-6-4-5-7-19(17)25(30)26(20)36-3/h4-15H,1-3H3,(H2,33,34,35,38). The van der Waals surface area contributed by atoms with Gasteiger partial charge in [-0.3, -0.25) is 10.1 Å². The summed E-state index contributed by atoms with van der Waals surface area (Å²) in [4.78, 5) is 17.8. The highest BCUT2D eigenvalue weighted by Crippen LogP contribution is 2.37. The van der Waals surface area contributed by atoms with Gasteiger partial charge >= 0.3 is 0 Å². The zero-order valence-electron chi connectivity index (χ0n) is 20.8. The summed E-state index contributed by atoms with van der Waals surface area (Å²) in [7, 11) is 1.52. The molecule has 0 unspecified atom stereocenters. The monoisotopic (exact) mass is 607 g/mol. The lowest BCUT2D eigenvalue weighted by Crippen LogP contribution is -2.34. The summed E-state index contributed by atoms with van der Waals surface area (Å²) in [6.45, 7) is 4.27. The third-order valence-electron chi connectivity index (χ3n) is 6.16. The van der Waals surface area contributed by atoms with Gasteiger partial charge in [-0.25, -0.2) is 4.98 Å². The number of nitrogens with zero attached hydrogens (tertiary/aromatic N) is 1. The zero-order valence-corrected chi connectivity index (χ0v) is 23.9. The molecule has 1 amide bonds. The van der Waals surface area contributed by atoms with E-state index >= 15 is 0 Å². The first-order valence-electron chi connectivity index (χ1n) is 11.8. The van der Waals surface area contributed by atoms with Crippen molar-refractivity contribution in [3.63, 3.8) is 0 Å². The first-order valence-corrected chi connectivity index (χ1v) is 13.4. The number of fused-ring (bicyclic) bond motifs is 2. The average Bonchev–Trinajstić information content (AvgIpc) is 3.33. The Morgan fingerprint density at radius 1 is 1.11 bits per heavy atom. The molecule has 1 aromatic heterocycles. The van der Waals surface area contributed by atoms with Gasteiger partial charge in [-0.05, 0) is 86.8 Å². The van der Waals surface area contributed by atoms with E-state index in [0.717, 1.165) is 16.3 Å². The van der Waals surface area contributed by atoms with Crippen LogP contribution in [0.4, 0.5) is 5.69 Å². The molecule has 0 atom stereocenters. The van der Waals surface area contributed by atoms with Crippen LogP contribution in [0.5, 0.6) is 5.75 Å². The van der Waals surface area contributed by atoms with Gasteiger partial charge in [0, 0.05) is 5.56 Å². The second kappa shape index (κ2) is 10.7. The molecule has 0 aliphatic heterocycles. The first-order chi connectivity index (χ1) is 18.2. The third kappa shape index (κ3) is 5.12. The van der Waals surface area contributed by atoms with E-state index in [-0.39, 0.29) is 5.11 Å². The average molecular weight is 609 g/mol. The van der Waals surface area contributed by atoms with E-state index in [9.17, 15) is 4.79 Å². The molecular formula is C29H23BrClN3O3S. The fourth-order valence-electron chi connectivity index (χ4n) is 4.16. The van der Waals surface area contributed by atoms with Crippen LogP contribution in [-0.4, -0.2) is 23.1 Å². The number of methoxy groups -OCH3 is 1. The van der Waals surface area contributed by atoms with Crippen molar-refractivity contribution in [1.29, 1.82) is 0 Å². The van der Waals surface area contributed by atoms with Crippen LogP contribution in [0.25, 0.3) is 33.3 Å². The van der Waals surface area contributed by atoms with Crippen LogP contribution in [0, 0.1) is 0 Å². The molecule has 0 fully saturated rings. The molecule has 192 valence electrons. The van der Waals surface area contributed by atoms with Gasteiger partial charge in [0.05, 0.1) is 27.9 Å². The molecule has 6 nitrogen and oxygen atoms in total. The van der Waals surface area contributed by atoms with Crippen LogP contribution in [0.15, 0.2) is 75.6 Å². The molecular weight excluding hydrogens is 586 g/mol. The number of hydrogen-bond donors (Lipinski definition) is 2. The maximum Gasteiger partial charge on any atom is 0.261 e. The second-order valence-corrected chi connectivity index (χ2v) is 10.6. The van der Waals surface area contributed by atoms with Gasteiger partial charge in [-0.2, -0.15) is 0 Å². The van der Waals surface area contributed by atoms with Crippen molar-refractivity contribution in [2.75, 3.05) is 12.4 Å². The smallest absolute Gasteiger partial charge is 0.261 e. The third-order valence-corrected chi connectivity index (χ3v) is 7.48. The lowest BCUT2D eigenvalue weighted by Gasteiger charge is -2.15. The Bertz CT molecular complexity index is 1720. The minimum absolute atomic E-state index is 0.0829. The fraction of sp³-hybridized carbons (Fsp3) is 0.138. The number of nitrogens with one attached hydrogen (secondary N) is 2. The maximum absolute atomic E-state index is 13.2. The predicted molar refractivity (Wildman–Crippen MR) is 160 cm³/mol. The van der Waals surface area contributed by atoms with E-state index in [0.29, 0.717) is 49.5 Å². The lowest BCUT2D eigenvalue weighted by molar-refractivity contribution is 0.0975. The van der Waals surface area contributed by atoms with E-state index < -0.39 is 5.91 Å². The van der Waals surface area contributed by atoms with E-state index in [1.54, 1.807) is 18.2 Å². The van der Waals surface area contributed by atoms with Gasteiger partial charge in [0.15, 0.2) is 10.7 Å². The first kappa shape index (κ1) is 26.2. The van der Waals surface area contributed by atoms with Crippen LogP contribution in [0.3, 0.4) is 0 Å². The van der Waals surface area contributed by atoms with E-state index in [1.165, 1.54) is 12.7 Å². The summed E-state index contributed by atoms with van der Waals surface area (Å²) >= 11 is 15.4. The molecule has 0 radical (unpaired) electrons. The number of aromatic nitrogens is 1. The number of carbonyl (C=O) groups is 1. The summed E-state index contributed by atoms with van der Waals surface area (Å²) in [6, 6.07) is 20.8. The highest BCUT2D eigenvalue weighted by atomic mass is 79.9. The summed E-state index contributed by atoms with van der Waals surface area (Å²) in [5.74, 6) is 0.845. The van der Waals surface area contributed by atoms with Crippen LogP contribution in [-0.2, 0) is 0 Å². The number of thiocarbonyl (C=S) groups is 1. The quantitative estimate of drug-likeness (QED) is 0.195. The summed E-state index contributed by atoms with van der Waals surface area (Å²) in [6.07, 6.45) is 0. The van der Waals surface area contributed by atoms with Crippen molar-refractivity contribution in [3.05, 3.63) is 87.4 Å². The molecule has 38 heavy (non-hydrogen) atoms. The molecule has 0 bridgehead atoms. The Morgan fingerprint density at radius 2 is 1.89 bits per heavy atom. The summed E-state index contributed by atoms with van der Waals surface area (Å²) in [5.41, 5.74) is 4.24. The van der Waals surface area contributed by atoms with Crippen LogP contribution < -0.4 is 15.4 Å². The van der Waals surface area contributed by atoms with E-state index in [4.69, 9.17) is 33.0 Å². The minimum Gasteiger partial charge on any atom is -0.495 e. The predicted octanol–water partition coefficient (Wildman–Crippen LogP) is 8.32. The molecule has 0 saturated heterocycles. The van der Waals surface area contributed by atoms with Crippen LogP contribution >= 0.6 is 39.7 Å². The number of rotatable bonds is 5. The largest absolute Gasteiger partial charge is 0.495 e. The molecule has 0 spiro atoms. The zero-order chi connectivity index (χ0) is 27.0. The minimum atomic E-state index is -0.419. The maximum atomic E-state index is 13.2. The number of oxazole rings is 1. The molecule has 5 aromatic rings. The van der Waals surface area contributed by atoms with Crippen molar-refractivity contribution in [2.24, 2.45) is 0 Å². The molecule has 5 rings (SSSR count). The Labute approximate surface area is 238 Å². The van der Waals surface area contributed by atoms with Gasteiger partial charge in [0.25, 0.3) is 5.91 Å². The number of amides is 1. The second-order valence-electron chi connectivity index (χ2n) is 9.00.